The summed E-state index contributed by atoms with van der Waals surface area (Å²) < 4.78 is 10.3. The number of esters is 1. The Morgan fingerprint density at radius 2 is 1.72 bits per heavy atom. The lowest BCUT2D eigenvalue weighted by atomic mass is 10.1. The second-order valence-electron chi connectivity index (χ2n) is 6.78. The minimum atomic E-state index is -1.05. The largest absolute Gasteiger partial charge is 0.460 e. The number of rotatable bonds is 6. The molecule has 0 bridgehead atoms. The number of hydrogen-bond acceptors (Lipinski definition) is 5. The normalized spacial score (nSPS) is 12.0. The number of nitrogens with zero attached hydrogens (tertiary/aromatic N) is 1. The predicted molar refractivity (Wildman–Crippen MR) is 92.7 cm³/mol. The van der Waals surface area contributed by atoms with Gasteiger partial charge in [-0.25, -0.2) is 4.79 Å². The molecule has 0 fully saturated rings. The van der Waals surface area contributed by atoms with Crippen molar-refractivity contribution in [1.82, 2.24) is 10.2 Å². The number of likely N-dealkylation sites (N-methyl/N-ethyl adjacent to an activating group) is 1. The van der Waals surface area contributed by atoms with Crippen LogP contribution in [0.25, 0.3) is 0 Å². The molecule has 0 spiro atoms. The van der Waals surface area contributed by atoms with E-state index in [0.717, 1.165) is 5.56 Å². The Hall–Kier alpha value is -2.57. The highest BCUT2D eigenvalue weighted by molar-refractivity contribution is 5.89. The number of ether oxygens (including phenoxy) is 2. The van der Waals surface area contributed by atoms with E-state index in [0.29, 0.717) is 0 Å². The third-order valence-electron chi connectivity index (χ3n) is 3.03. The lowest BCUT2D eigenvalue weighted by molar-refractivity contribution is -0.157. The van der Waals surface area contributed by atoms with Gasteiger partial charge in [0.1, 0.15) is 18.2 Å². The molecule has 7 nitrogen and oxygen atoms in total. The van der Waals surface area contributed by atoms with Crippen molar-refractivity contribution in [2.24, 2.45) is 0 Å². The summed E-state index contributed by atoms with van der Waals surface area (Å²) in [5.74, 6) is -0.987. The molecular weight excluding hydrogens is 324 g/mol. The SMILES string of the molecule is CN(C)C(=O)[C@H](CC(=O)OC(C)(C)C)NC(=O)OCc1ccccc1. The molecule has 1 aromatic carbocycles. The summed E-state index contributed by atoms with van der Waals surface area (Å²) >= 11 is 0. The molecule has 0 aliphatic carbocycles. The van der Waals surface area contributed by atoms with Crippen molar-refractivity contribution < 1.29 is 23.9 Å². The van der Waals surface area contributed by atoms with Gasteiger partial charge >= 0.3 is 12.1 Å². The van der Waals surface area contributed by atoms with Gasteiger partial charge in [-0.05, 0) is 26.3 Å². The van der Waals surface area contributed by atoms with Crippen LogP contribution in [0.1, 0.15) is 32.8 Å². The fraction of sp³-hybridized carbons (Fsp3) is 0.500. The molecule has 0 radical (unpaired) electrons. The Balaban J connectivity index is 2.65. The maximum absolute atomic E-state index is 12.2. The first-order valence-corrected chi connectivity index (χ1v) is 7.98. The summed E-state index contributed by atoms with van der Waals surface area (Å²) in [7, 11) is 3.09. The Morgan fingerprint density at radius 3 is 2.24 bits per heavy atom. The van der Waals surface area contributed by atoms with Crippen molar-refractivity contribution in [3.05, 3.63) is 35.9 Å². The monoisotopic (exact) mass is 350 g/mol. The standard InChI is InChI=1S/C18H26N2O5/c1-18(2,3)25-15(21)11-14(16(22)20(4)5)19-17(23)24-12-13-9-7-6-8-10-13/h6-10,14H,11-12H2,1-5H3,(H,19,23)/t14-/m0/s1. The van der Waals surface area contributed by atoms with E-state index in [1.165, 1.54) is 4.90 Å². The molecule has 138 valence electrons. The summed E-state index contributed by atoms with van der Waals surface area (Å²) in [5.41, 5.74) is 0.150. The van der Waals surface area contributed by atoms with Crippen molar-refractivity contribution in [3.63, 3.8) is 0 Å². The lowest BCUT2D eigenvalue weighted by Crippen LogP contribution is -2.48. The first kappa shape index (κ1) is 20.5. The van der Waals surface area contributed by atoms with Crippen LogP contribution in [0.2, 0.25) is 0 Å². The summed E-state index contributed by atoms with van der Waals surface area (Å²) in [6, 6.07) is 8.10. The van der Waals surface area contributed by atoms with E-state index in [9.17, 15) is 14.4 Å². The zero-order valence-electron chi connectivity index (χ0n) is 15.4. The average molecular weight is 350 g/mol. The Kier molecular flexibility index (Phi) is 7.42. The number of carbonyl (C=O) groups excluding carboxylic acids is 3. The lowest BCUT2D eigenvalue weighted by Gasteiger charge is -2.24. The van der Waals surface area contributed by atoms with Crippen LogP contribution in [0.15, 0.2) is 30.3 Å². The molecule has 1 atom stereocenters. The number of carbonyl (C=O) groups is 3. The first-order chi connectivity index (χ1) is 11.6. The van der Waals surface area contributed by atoms with Crippen LogP contribution in [-0.2, 0) is 25.7 Å². The number of amides is 2. The molecule has 0 saturated heterocycles. The van der Waals surface area contributed by atoms with Crippen molar-refractivity contribution in [2.45, 2.75) is 45.4 Å². The highest BCUT2D eigenvalue weighted by Crippen LogP contribution is 2.10. The van der Waals surface area contributed by atoms with Gasteiger partial charge < -0.3 is 19.7 Å². The molecule has 2 amide bonds. The molecule has 1 N–H and O–H groups in total. The van der Waals surface area contributed by atoms with Crippen LogP contribution < -0.4 is 5.32 Å². The van der Waals surface area contributed by atoms with E-state index in [1.807, 2.05) is 30.3 Å². The van der Waals surface area contributed by atoms with Gasteiger partial charge in [0.05, 0.1) is 6.42 Å². The maximum atomic E-state index is 12.2. The van der Waals surface area contributed by atoms with Gasteiger partial charge in [-0.2, -0.15) is 0 Å². The molecule has 0 aliphatic heterocycles. The Bertz CT molecular complexity index is 593. The molecule has 0 aliphatic rings. The average Bonchev–Trinajstić information content (AvgIpc) is 2.50. The van der Waals surface area contributed by atoms with Crippen molar-refractivity contribution in [2.75, 3.05) is 14.1 Å². The molecule has 0 unspecified atom stereocenters. The number of alkyl carbamates (subject to hydrolysis) is 1. The van der Waals surface area contributed by atoms with Gasteiger partial charge in [-0.15, -0.1) is 0 Å². The Labute approximate surface area is 148 Å². The molecule has 1 aromatic rings. The van der Waals surface area contributed by atoms with Crippen LogP contribution in [-0.4, -0.2) is 48.6 Å². The number of nitrogens with one attached hydrogen (secondary N) is 1. The fourth-order valence-corrected chi connectivity index (χ4v) is 1.97. The summed E-state index contributed by atoms with van der Waals surface area (Å²) in [6.07, 6.45) is -1.04. The van der Waals surface area contributed by atoms with Gasteiger partial charge in [0.2, 0.25) is 5.91 Å². The summed E-state index contributed by atoms with van der Waals surface area (Å²) in [6.45, 7) is 5.27. The van der Waals surface area contributed by atoms with Gasteiger partial charge in [-0.1, -0.05) is 30.3 Å². The molecule has 25 heavy (non-hydrogen) atoms. The van der Waals surface area contributed by atoms with E-state index in [1.54, 1.807) is 34.9 Å². The fourth-order valence-electron chi connectivity index (χ4n) is 1.97. The molecule has 0 saturated carbocycles. The quantitative estimate of drug-likeness (QED) is 0.794. The minimum Gasteiger partial charge on any atom is -0.460 e. The van der Waals surface area contributed by atoms with E-state index in [4.69, 9.17) is 9.47 Å². The highest BCUT2D eigenvalue weighted by Gasteiger charge is 2.28. The van der Waals surface area contributed by atoms with Gasteiger partial charge in [-0.3, -0.25) is 9.59 Å². The van der Waals surface area contributed by atoms with Crippen LogP contribution in [0, 0.1) is 0 Å². The van der Waals surface area contributed by atoms with Crippen molar-refractivity contribution in [1.29, 1.82) is 0 Å². The smallest absolute Gasteiger partial charge is 0.408 e. The predicted octanol–water partition coefficient (Wildman–Crippen LogP) is 2.10. The van der Waals surface area contributed by atoms with E-state index in [-0.39, 0.29) is 13.0 Å². The molecule has 0 aromatic heterocycles. The molecule has 0 heterocycles. The van der Waals surface area contributed by atoms with Crippen LogP contribution in [0.4, 0.5) is 4.79 Å². The van der Waals surface area contributed by atoms with Gasteiger partial charge in [0, 0.05) is 14.1 Å². The maximum Gasteiger partial charge on any atom is 0.408 e. The molecule has 7 heteroatoms. The van der Waals surface area contributed by atoms with Gasteiger partial charge in [0.25, 0.3) is 0 Å². The van der Waals surface area contributed by atoms with Crippen LogP contribution in [0.3, 0.4) is 0 Å². The third kappa shape index (κ3) is 8.19. The first-order valence-electron chi connectivity index (χ1n) is 7.98. The summed E-state index contributed by atoms with van der Waals surface area (Å²) in [4.78, 5) is 37.4. The summed E-state index contributed by atoms with van der Waals surface area (Å²) in [5, 5.41) is 2.43. The van der Waals surface area contributed by atoms with Gasteiger partial charge in [0.15, 0.2) is 0 Å². The van der Waals surface area contributed by atoms with E-state index < -0.39 is 29.6 Å². The molecule has 1 rings (SSSR count). The Morgan fingerprint density at radius 1 is 1.12 bits per heavy atom. The van der Waals surface area contributed by atoms with Crippen molar-refractivity contribution >= 4 is 18.0 Å². The number of benzene rings is 1. The zero-order chi connectivity index (χ0) is 19.0. The van der Waals surface area contributed by atoms with E-state index in [2.05, 4.69) is 5.32 Å². The number of hydrogen-bond donors (Lipinski definition) is 1. The van der Waals surface area contributed by atoms with E-state index >= 15 is 0 Å². The third-order valence-corrected chi connectivity index (χ3v) is 3.03. The zero-order valence-corrected chi connectivity index (χ0v) is 15.4. The van der Waals surface area contributed by atoms with Crippen LogP contribution >= 0.6 is 0 Å². The second kappa shape index (κ2) is 9.05. The molecular formula is C18H26N2O5. The topological polar surface area (TPSA) is 84.9 Å². The van der Waals surface area contributed by atoms with Crippen molar-refractivity contribution in [3.8, 4) is 0 Å². The highest BCUT2D eigenvalue weighted by atomic mass is 16.6. The van der Waals surface area contributed by atoms with Crippen LogP contribution in [0.5, 0.6) is 0 Å². The minimum absolute atomic E-state index is 0.0714. The second-order valence-corrected chi connectivity index (χ2v) is 6.78.